The number of aromatic nitrogens is 2. The van der Waals surface area contributed by atoms with Crippen LogP contribution in [-0.4, -0.2) is 40.7 Å². The van der Waals surface area contributed by atoms with Crippen molar-refractivity contribution in [3.05, 3.63) is 24.5 Å². The molecule has 102 valence electrons. The SMILES string of the molecule is C=CCNc1cc(N2CCC(C(=O)O)C2)nc(C)n1. The average Bonchev–Trinajstić information content (AvgIpc) is 2.85. The molecule has 2 heterocycles. The van der Waals surface area contributed by atoms with Crippen LogP contribution in [0.4, 0.5) is 11.6 Å². The molecular weight excluding hydrogens is 244 g/mol. The number of nitrogens with zero attached hydrogens (tertiary/aromatic N) is 3. The van der Waals surface area contributed by atoms with E-state index in [1.165, 1.54) is 0 Å². The Bertz CT molecular complexity index is 490. The van der Waals surface area contributed by atoms with E-state index in [0.717, 1.165) is 11.6 Å². The highest BCUT2D eigenvalue weighted by atomic mass is 16.4. The largest absolute Gasteiger partial charge is 0.481 e. The summed E-state index contributed by atoms with van der Waals surface area (Å²) in [6.07, 6.45) is 2.42. The Morgan fingerprint density at radius 2 is 2.47 bits per heavy atom. The lowest BCUT2D eigenvalue weighted by molar-refractivity contribution is -0.140. The Morgan fingerprint density at radius 1 is 1.68 bits per heavy atom. The molecule has 1 saturated heterocycles. The molecule has 0 bridgehead atoms. The molecule has 1 aliphatic heterocycles. The fourth-order valence-corrected chi connectivity index (χ4v) is 2.15. The average molecular weight is 262 g/mol. The molecule has 1 unspecified atom stereocenters. The van der Waals surface area contributed by atoms with Gasteiger partial charge in [-0.15, -0.1) is 6.58 Å². The molecule has 0 aromatic carbocycles. The Hall–Kier alpha value is -2.11. The molecule has 1 aliphatic rings. The zero-order valence-electron chi connectivity index (χ0n) is 11.0. The van der Waals surface area contributed by atoms with E-state index in [2.05, 4.69) is 21.9 Å². The summed E-state index contributed by atoms with van der Waals surface area (Å²) < 4.78 is 0. The van der Waals surface area contributed by atoms with Crippen molar-refractivity contribution in [2.24, 2.45) is 5.92 Å². The first-order chi connectivity index (χ1) is 9.10. The Balaban J connectivity index is 2.14. The molecule has 0 radical (unpaired) electrons. The van der Waals surface area contributed by atoms with Crippen molar-refractivity contribution in [1.29, 1.82) is 0 Å². The van der Waals surface area contributed by atoms with E-state index in [1.54, 1.807) is 6.08 Å². The van der Waals surface area contributed by atoms with Gasteiger partial charge in [-0.25, -0.2) is 9.97 Å². The molecule has 0 saturated carbocycles. The number of aliphatic carboxylic acids is 1. The number of rotatable bonds is 5. The minimum Gasteiger partial charge on any atom is -0.481 e. The van der Waals surface area contributed by atoms with Crippen LogP contribution >= 0.6 is 0 Å². The van der Waals surface area contributed by atoms with Gasteiger partial charge in [0, 0.05) is 25.7 Å². The molecule has 1 aromatic heterocycles. The predicted octanol–water partition coefficient (Wildman–Crippen LogP) is 1.29. The molecule has 19 heavy (non-hydrogen) atoms. The van der Waals surface area contributed by atoms with Crippen molar-refractivity contribution in [3.8, 4) is 0 Å². The molecule has 6 nitrogen and oxygen atoms in total. The van der Waals surface area contributed by atoms with Gasteiger partial charge in [0.25, 0.3) is 0 Å². The maximum absolute atomic E-state index is 11.0. The van der Waals surface area contributed by atoms with E-state index in [0.29, 0.717) is 31.9 Å². The molecule has 1 aromatic rings. The summed E-state index contributed by atoms with van der Waals surface area (Å²) in [6, 6.07) is 1.85. The van der Waals surface area contributed by atoms with Crippen LogP contribution in [0.1, 0.15) is 12.2 Å². The number of carboxylic acid groups (broad SMARTS) is 1. The monoisotopic (exact) mass is 262 g/mol. The Labute approximate surface area is 112 Å². The van der Waals surface area contributed by atoms with E-state index in [-0.39, 0.29) is 5.92 Å². The van der Waals surface area contributed by atoms with Crippen molar-refractivity contribution in [3.63, 3.8) is 0 Å². The topological polar surface area (TPSA) is 78.4 Å². The van der Waals surface area contributed by atoms with Gasteiger partial charge in [0.15, 0.2) is 0 Å². The molecule has 2 N–H and O–H groups in total. The highest BCUT2D eigenvalue weighted by Gasteiger charge is 2.29. The molecule has 2 rings (SSSR count). The third kappa shape index (κ3) is 3.21. The summed E-state index contributed by atoms with van der Waals surface area (Å²) in [4.78, 5) is 21.6. The van der Waals surface area contributed by atoms with Crippen molar-refractivity contribution < 1.29 is 9.90 Å². The van der Waals surface area contributed by atoms with Crippen LogP contribution < -0.4 is 10.2 Å². The second-order valence-electron chi connectivity index (χ2n) is 4.60. The van der Waals surface area contributed by atoms with Gasteiger partial charge in [0.1, 0.15) is 17.5 Å². The van der Waals surface area contributed by atoms with Crippen LogP contribution in [0.2, 0.25) is 0 Å². The molecule has 0 spiro atoms. The zero-order chi connectivity index (χ0) is 13.8. The first-order valence-corrected chi connectivity index (χ1v) is 6.28. The Kier molecular flexibility index (Phi) is 3.99. The summed E-state index contributed by atoms with van der Waals surface area (Å²) in [7, 11) is 0. The quantitative estimate of drug-likeness (QED) is 0.779. The van der Waals surface area contributed by atoms with Crippen molar-refractivity contribution in [2.75, 3.05) is 29.9 Å². The lowest BCUT2D eigenvalue weighted by atomic mass is 10.1. The molecule has 0 amide bonds. The number of aryl methyl sites for hydroxylation is 1. The second kappa shape index (κ2) is 5.69. The van der Waals surface area contributed by atoms with Crippen molar-refractivity contribution in [2.45, 2.75) is 13.3 Å². The van der Waals surface area contributed by atoms with Gasteiger partial charge in [-0.3, -0.25) is 4.79 Å². The predicted molar refractivity (Wildman–Crippen MR) is 73.4 cm³/mol. The van der Waals surface area contributed by atoms with Crippen LogP contribution in [0.15, 0.2) is 18.7 Å². The number of hydrogen-bond donors (Lipinski definition) is 2. The molecular formula is C13H18N4O2. The fraction of sp³-hybridized carbons (Fsp3) is 0.462. The number of carbonyl (C=O) groups is 1. The van der Waals surface area contributed by atoms with Crippen LogP contribution in [0.25, 0.3) is 0 Å². The summed E-state index contributed by atoms with van der Waals surface area (Å²) in [5.41, 5.74) is 0. The Morgan fingerprint density at radius 3 is 3.11 bits per heavy atom. The lowest BCUT2D eigenvalue weighted by Gasteiger charge is -2.18. The molecule has 0 aliphatic carbocycles. The van der Waals surface area contributed by atoms with Crippen LogP contribution in [-0.2, 0) is 4.79 Å². The zero-order valence-corrected chi connectivity index (χ0v) is 11.0. The summed E-state index contributed by atoms with van der Waals surface area (Å²) >= 11 is 0. The third-order valence-corrected chi connectivity index (χ3v) is 3.11. The lowest BCUT2D eigenvalue weighted by Crippen LogP contribution is -2.24. The minimum absolute atomic E-state index is 0.306. The van der Waals surface area contributed by atoms with E-state index in [9.17, 15) is 4.79 Å². The summed E-state index contributed by atoms with van der Waals surface area (Å²) in [5.74, 6) is 1.14. The van der Waals surface area contributed by atoms with Crippen LogP contribution in [0.3, 0.4) is 0 Å². The van der Waals surface area contributed by atoms with Crippen molar-refractivity contribution in [1.82, 2.24) is 9.97 Å². The van der Waals surface area contributed by atoms with Gasteiger partial charge in [0.2, 0.25) is 0 Å². The van der Waals surface area contributed by atoms with E-state index >= 15 is 0 Å². The normalized spacial score (nSPS) is 18.4. The number of hydrogen-bond acceptors (Lipinski definition) is 5. The first kappa shape index (κ1) is 13.3. The minimum atomic E-state index is -0.738. The third-order valence-electron chi connectivity index (χ3n) is 3.11. The molecule has 1 fully saturated rings. The van der Waals surface area contributed by atoms with Crippen LogP contribution in [0.5, 0.6) is 0 Å². The van der Waals surface area contributed by atoms with Gasteiger partial charge in [-0.2, -0.15) is 0 Å². The van der Waals surface area contributed by atoms with Crippen molar-refractivity contribution >= 4 is 17.6 Å². The maximum atomic E-state index is 11.0. The number of carboxylic acids is 1. The first-order valence-electron chi connectivity index (χ1n) is 6.28. The standard InChI is InChI=1S/C13H18N4O2/c1-3-5-14-11-7-12(16-9(2)15-11)17-6-4-10(8-17)13(18)19/h3,7,10H,1,4-6,8H2,2H3,(H,18,19)(H,14,15,16). The molecule has 6 heteroatoms. The number of anilines is 2. The van der Waals surface area contributed by atoms with Gasteiger partial charge in [0.05, 0.1) is 5.92 Å². The van der Waals surface area contributed by atoms with Gasteiger partial charge >= 0.3 is 5.97 Å². The maximum Gasteiger partial charge on any atom is 0.308 e. The highest BCUT2D eigenvalue weighted by Crippen LogP contribution is 2.24. The summed E-state index contributed by atoms with van der Waals surface area (Å²) in [6.45, 7) is 7.33. The van der Waals surface area contributed by atoms with E-state index in [4.69, 9.17) is 5.11 Å². The van der Waals surface area contributed by atoms with Gasteiger partial charge < -0.3 is 15.3 Å². The smallest absolute Gasteiger partial charge is 0.308 e. The number of nitrogens with one attached hydrogen (secondary N) is 1. The van der Waals surface area contributed by atoms with Gasteiger partial charge in [-0.1, -0.05) is 6.08 Å². The van der Waals surface area contributed by atoms with E-state index < -0.39 is 5.97 Å². The summed E-state index contributed by atoms with van der Waals surface area (Å²) in [5, 5.41) is 12.1. The van der Waals surface area contributed by atoms with Gasteiger partial charge in [-0.05, 0) is 13.3 Å². The van der Waals surface area contributed by atoms with E-state index in [1.807, 2.05) is 17.9 Å². The molecule has 1 atom stereocenters. The fourth-order valence-electron chi connectivity index (χ4n) is 2.15. The highest BCUT2D eigenvalue weighted by molar-refractivity contribution is 5.72. The second-order valence-corrected chi connectivity index (χ2v) is 4.60. The van der Waals surface area contributed by atoms with Crippen LogP contribution in [0, 0.1) is 12.8 Å².